The highest BCUT2D eigenvalue weighted by Crippen LogP contribution is 2.30. The fraction of sp³-hybridized carbons (Fsp3) is 0.292. The summed E-state index contributed by atoms with van der Waals surface area (Å²) in [6.45, 7) is 3.07. The second kappa shape index (κ2) is 8.48. The number of aromatic amines is 1. The number of halogens is 2. The van der Waals surface area contributed by atoms with Crippen molar-refractivity contribution in [1.29, 1.82) is 0 Å². The van der Waals surface area contributed by atoms with E-state index in [1.807, 2.05) is 34.2 Å². The van der Waals surface area contributed by atoms with Gasteiger partial charge in [0.2, 0.25) is 0 Å². The number of amides is 1. The van der Waals surface area contributed by atoms with E-state index in [1.165, 1.54) is 24.2 Å². The first kappa shape index (κ1) is 21.2. The molecule has 34 heavy (non-hydrogen) atoms. The van der Waals surface area contributed by atoms with E-state index in [0.717, 1.165) is 48.2 Å². The predicted octanol–water partition coefficient (Wildman–Crippen LogP) is 3.61. The molecule has 0 spiro atoms. The van der Waals surface area contributed by atoms with Crippen molar-refractivity contribution in [3.8, 4) is 11.3 Å². The van der Waals surface area contributed by atoms with Gasteiger partial charge in [-0.2, -0.15) is 5.10 Å². The van der Waals surface area contributed by atoms with E-state index in [2.05, 4.69) is 25.0 Å². The number of aromatic nitrogens is 5. The molecule has 0 atom stereocenters. The normalized spacial score (nSPS) is 17.9. The second-order valence-corrected chi connectivity index (χ2v) is 9.17. The molecular formula is C24H22ClFN7O. The Morgan fingerprint density at radius 1 is 1.15 bits per heavy atom. The second-order valence-electron chi connectivity index (χ2n) is 8.76. The quantitative estimate of drug-likeness (QED) is 0.484. The number of hydrogen-bond acceptors (Lipinski definition) is 5. The van der Waals surface area contributed by atoms with Crippen molar-refractivity contribution in [1.82, 2.24) is 34.5 Å². The lowest BCUT2D eigenvalue weighted by molar-refractivity contribution is 0.0515. The number of hydrogen-bond donors (Lipinski definition) is 1. The smallest absolute Gasteiger partial charge is 0.253 e. The number of carbonyl (C=O) groups is 1. The van der Waals surface area contributed by atoms with Crippen molar-refractivity contribution in [3.63, 3.8) is 0 Å². The van der Waals surface area contributed by atoms with Gasteiger partial charge in [0.25, 0.3) is 5.91 Å². The number of piperidine rings is 1. The van der Waals surface area contributed by atoms with Gasteiger partial charge in [0.15, 0.2) is 0 Å². The lowest BCUT2D eigenvalue weighted by Gasteiger charge is -2.46. The summed E-state index contributed by atoms with van der Waals surface area (Å²) in [5.74, 6) is -0.609. The Labute approximate surface area is 200 Å². The van der Waals surface area contributed by atoms with Crippen molar-refractivity contribution < 1.29 is 9.18 Å². The number of benzene rings is 1. The van der Waals surface area contributed by atoms with Crippen LogP contribution >= 0.6 is 11.6 Å². The minimum absolute atomic E-state index is 0.0246. The van der Waals surface area contributed by atoms with E-state index in [0.29, 0.717) is 24.7 Å². The molecule has 3 aromatic heterocycles. The lowest BCUT2D eigenvalue weighted by Crippen LogP contribution is -2.56. The highest BCUT2D eigenvalue weighted by atomic mass is 35.5. The lowest BCUT2D eigenvalue weighted by atomic mass is 9.97. The maximum Gasteiger partial charge on any atom is 0.253 e. The van der Waals surface area contributed by atoms with Gasteiger partial charge in [-0.25, -0.2) is 14.4 Å². The minimum atomic E-state index is -0.513. The van der Waals surface area contributed by atoms with Gasteiger partial charge in [-0.3, -0.25) is 14.4 Å². The van der Waals surface area contributed by atoms with E-state index < -0.39 is 5.82 Å². The number of fused-ring (bicyclic) bond motifs is 1. The molecule has 2 saturated heterocycles. The molecule has 4 aromatic rings. The highest BCUT2D eigenvalue weighted by molar-refractivity contribution is 6.31. The van der Waals surface area contributed by atoms with E-state index in [9.17, 15) is 9.18 Å². The van der Waals surface area contributed by atoms with Crippen LogP contribution < -0.4 is 0 Å². The van der Waals surface area contributed by atoms with Crippen LogP contribution in [0, 0.1) is 11.9 Å². The zero-order chi connectivity index (χ0) is 23.2. The number of H-pyrrole nitrogens is 1. The molecule has 0 saturated carbocycles. The summed E-state index contributed by atoms with van der Waals surface area (Å²) in [4.78, 5) is 28.8. The molecule has 1 amide bonds. The maximum atomic E-state index is 13.4. The SMILES string of the molecule is O=C(c1ccc(F)c(Cl)c1)N1CCC(N2C[C](n3cc(-c4ncnc5[nH]ccc45)cn3)C2)CC1. The third-order valence-electron chi connectivity index (χ3n) is 6.74. The van der Waals surface area contributed by atoms with Crippen LogP contribution in [0.2, 0.25) is 5.02 Å². The summed E-state index contributed by atoms with van der Waals surface area (Å²) in [6, 6.07) is 7.79. The molecule has 2 fully saturated rings. The largest absolute Gasteiger partial charge is 0.346 e. The van der Waals surface area contributed by atoms with Crippen LogP contribution in [0.15, 0.2) is 49.2 Å². The molecular weight excluding hydrogens is 457 g/mol. The summed E-state index contributed by atoms with van der Waals surface area (Å²) < 4.78 is 15.4. The van der Waals surface area contributed by atoms with Crippen LogP contribution in [0.5, 0.6) is 0 Å². The van der Waals surface area contributed by atoms with Crippen molar-refractivity contribution >= 4 is 28.5 Å². The number of nitrogens with zero attached hydrogens (tertiary/aromatic N) is 6. The average molecular weight is 479 g/mol. The predicted molar refractivity (Wildman–Crippen MR) is 126 cm³/mol. The molecule has 2 aliphatic rings. The number of nitrogens with one attached hydrogen (secondary N) is 1. The van der Waals surface area contributed by atoms with Crippen molar-refractivity contribution in [3.05, 3.63) is 71.6 Å². The van der Waals surface area contributed by atoms with Gasteiger partial charge in [-0.15, -0.1) is 0 Å². The molecule has 0 bridgehead atoms. The molecule has 8 nitrogen and oxygen atoms in total. The first-order valence-electron chi connectivity index (χ1n) is 11.2. The third-order valence-corrected chi connectivity index (χ3v) is 7.03. The van der Waals surface area contributed by atoms with E-state index >= 15 is 0 Å². The Hall–Kier alpha value is -3.30. The topological polar surface area (TPSA) is 82.9 Å². The number of carbonyl (C=O) groups excluding carboxylic acids is 1. The van der Waals surface area contributed by atoms with Crippen LogP contribution in [0.1, 0.15) is 23.2 Å². The molecule has 1 N–H and O–H groups in total. The molecule has 173 valence electrons. The van der Waals surface area contributed by atoms with Crippen molar-refractivity contribution in [2.75, 3.05) is 26.2 Å². The van der Waals surface area contributed by atoms with Crippen LogP contribution in [0.25, 0.3) is 22.3 Å². The molecule has 1 aromatic carbocycles. The van der Waals surface area contributed by atoms with E-state index in [-0.39, 0.29) is 10.9 Å². The van der Waals surface area contributed by atoms with Gasteiger partial charge in [0, 0.05) is 61.1 Å². The molecule has 10 heteroatoms. The Bertz CT molecular complexity index is 1350. The first-order chi connectivity index (χ1) is 16.6. The van der Waals surface area contributed by atoms with Gasteiger partial charge < -0.3 is 9.88 Å². The molecule has 0 unspecified atom stereocenters. The molecule has 2 aliphatic heterocycles. The summed E-state index contributed by atoms with van der Waals surface area (Å²) >= 11 is 5.84. The monoisotopic (exact) mass is 478 g/mol. The molecule has 5 heterocycles. The first-order valence-corrected chi connectivity index (χ1v) is 11.6. The molecule has 0 aliphatic carbocycles. The van der Waals surface area contributed by atoms with Gasteiger partial charge in [-0.1, -0.05) is 11.6 Å². The third kappa shape index (κ3) is 3.74. The fourth-order valence-electron chi connectivity index (χ4n) is 4.79. The summed E-state index contributed by atoms with van der Waals surface area (Å²) in [7, 11) is 0. The Kier molecular flexibility index (Phi) is 5.30. The zero-order valence-electron chi connectivity index (χ0n) is 18.3. The van der Waals surface area contributed by atoms with Crippen LogP contribution in [-0.2, 0) is 0 Å². The number of rotatable bonds is 4. The summed E-state index contributed by atoms with van der Waals surface area (Å²) in [6.07, 6.45) is 9.10. The van der Waals surface area contributed by atoms with E-state index in [1.54, 1.807) is 6.33 Å². The summed E-state index contributed by atoms with van der Waals surface area (Å²) in [5.41, 5.74) is 3.08. The maximum absolute atomic E-state index is 13.4. The molecule has 1 radical (unpaired) electrons. The Morgan fingerprint density at radius 3 is 2.76 bits per heavy atom. The summed E-state index contributed by atoms with van der Waals surface area (Å²) in [5, 5.41) is 5.51. The number of likely N-dealkylation sites (tertiary alicyclic amines) is 2. The van der Waals surface area contributed by atoms with Gasteiger partial charge >= 0.3 is 0 Å². The Morgan fingerprint density at radius 2 is 1.97 bits per heavy atom. The average Bonchev–Trinajstić information content (AvgIpc) is 3.50. The highest BCUT2D eigenvalue weighted by Gasteiger charge is 2.37. The standard InChI is InChI=1S/C24H22ClFN7O/c25-20-9-15(1-2-21(20)26)24(34)31-7-4-17(5-8-31)32-12-18(13-32)33-11-16(10-30-33)22-19-3-6-27-23(19)29-14-28-22/h1-3,6,9-11,14,17H,4-5,7-8,12-13H2,(H,27,28,29). The van der Waals surface area contributed by atoms with Gasteiger partial charge in [0.1, 0.15) is 23.8 Å². The van der Waals surface area contributed by atoms with Crippen LogP contribution in [0.4, 0.5) is 4.39 Å². The minimum Gasteiger partial charge on any atom is -0.346 e. The van der Waals surface area contributed by atoms with Crippen LogP contribution in [-0.4, -0.2) is 72.7 Å². The molecule has 6 rings (SSSR count). The van der Waals surface area contributed by atoms with E-state index in [4.69, 9.17) is 11.6 Å². The van der Waals surface area contributed by atoms with Crippen molar-refractivity contribution in [2.24, 2.45) is 0 Å². The van der Waals surface area contributed by atoms with Gasteiger partial charge in [-0.05, 0) is 37.1 Å². The zero-order valence-corrected chi connectivity index (χ0v) is 19.0. The van der Waals surface area contributed by atoms with Crippen molar-refractivity contribution in [2.45, 2.75) is 18.9 Å². The van der Waals surface area contributed by atoms with Crippen LogP contribution in [0.3, 0.4) is 0 Å². The fourth-order valence-corrected chi connectivity index (χ4v) is 4.97. The van der Waals surface area contributed by atoms with Gasteiger partial charge in [0.05, 0.1) is 16.9 Å². The Balaban J connectivity index is 1.05.